The Morgan fingerprint density at radius 3 is 2.62 bits per heavy atom. The van der Waals surface area contributed by atoms with Crippen LogP contribution in [0.15, 0.2) is 5.38 Å². The minimum atomic E-state index is -0.578. The van der Waals surface area contributed by atoms with Crippen molar-refractivity contribution in [3.05, 3.63) is 10.4 Å². The number of rotatable bonds is 1. The van der Waals surface area contributed by atoms with E-state index in [1.165, 1.54) is 11.3 Å². The first-order chi connectivity index (χ1) is 5.89. The molecule has 0 aliphatic rings. The van der Waals surface area contributed by atoms with Gasteiger partial charge in [-0.05, 0) is 0 Å². The average Bonchev–Trinajstić information content (AvgIpc) is 2.32. The molecule has 3 N–H and O–H groups in total. The zero-order chi connectivity index (χ0) is 10.1. The van der Waals surface area contributed by atoms with Gasteiger partial charge in [-0.3, -0.25) is 5.32 Å². The van der Waals surface area contributed by atoms with Crippen molar-refractivity contribution in [1.82, 2.24) is 4.98 Å². The summed E-state index contributed by atoms with van der Waals surface area (Å²) in [6, 6.07) is -0.578. The van der Waals surface area contributed by atoms with Crippen molar-refractivity contribution < 1.29 is 4.79 Å². The number of hydrogen-bond donors (Lipinski definition) is 2. The quantitative estimate of drug-likeness (QED) is 0.725. The number of carbonyl (C=O) groups excluding carboxylic acids is 1. The van der Waals surface area contributed by atoms with Gasteiger partial charge in [0.15, 0.2) is 0 Å². The average molecular weight is 199 g/mol. The van der Waals surface area contributed by atoms with Crippen LogP contribution in [0.5, 0.6) is 0 Å². The number of aromatic nitrogens is 1. The molecule has 0 aliphatic carbocycles. The number of urea groups is 1. The SMILES string of the molecule is CC(C)(C)c1nc(NC(N)=O)cs1. The molecule has 0 saturated carbocycles. The highest BCUT2D eigenvalue weighted by Crippen LogP contribution is 2.27. The molecule has 72 valence electrons. The van der Waals surface area contributed by atoms with Crippen molar-refractivity contribution >= 4 is 23.2 Å². The molecule has 4 nitrogen and oxygen atoms in total. The largest absolute Gasteiger partial charge is 0.351 e. The fourth-order valence-corrected chi connectivity index (χ4v) is 1.64. The van der Waals surface area contributed by atoms with Crippen LogP contribution in [0.4, 0.5) is 10.6 Å². The van der Waals surface area contributed by atoms with E-state index >= 15 is 0 Å². The van der Waals surface area contributed by atoms with Gasteiger partial charge in [-0.15, -0.1) is 11.3 Å². The van der Waals surface area contributed by atoms with Crippen LogP contribution in [-0.4, -0.2) is 11.0 Å². The Kier molecular flexibility index (Phi) is 2.56. The van der Waals surface area contributed by atoms with Gasteiger partial charge in [0.05, 0.1) is 0 Å². The van der Waals surface area contributed by atoms with Gasteiger partial charge in [0.1, 0.15) is 10.8 Å². The van der Waals surface area contributed by atoms with E-state index in [-0.39, 0.29) is 5.41 Å². The number of nitrogens with zero attached hydrogens (tertiary/aromatic N) is 1. The van der Waals surface area contributed by atoms with Crippen molar-refractivity contribution in [2.45, 2.75) is 26.2 Å². The van der Waals surface area contributed by atoms with Gasteiger partial charge in [-0.2, -0.15) is 0 Å². The molecule has 0 atom stereocenters. The van der Waals surface area contributed by atoms with E-state index in [1.807, 2.05) is 0 Å². The predicted octanol–water partition coefficient (Wildman–Crippen LogP) is 1.93. The van der Waals surface area contributed by atoms with Gasteiger partial charge in [0.2, 0.25) is 0 Å². The number of nitrogens with one attached hydrogen (secondary N) is 1. The fraction of sp³-hybridized carbons (Fsp3) is 0.500. The van der Waals surface area contributed by atoms with E-state index in [2.05, 4.69) is 31.1 Å². The third-order valence-corrected chi connectivity index (χ3v) is 2.67. The first kappa shape index (κ1) is 9.98. The molecule has 0 unspecified atom stereocenters. The summed E-state index contributed by atoms with van der Waals surface area (Å²) in [6.45, 7) is 6.21. The van der Waals surface area contributed by atoms with Gasteiger partial charge in [0, 0.05) is 10.8 Å². The zero-order valence-electron chi connectivity index (χ0n) is 7.92. The topological polar surface area (TPSA) is 68.0 Å². The number of carbonyl (C=O) groups is 1. The fourth-order valence-electron chi connectivity index (χ4n) is 0.802. The monoisotopic (exact) mass is 199 g/mol. The summed E-state index contributed by atoms with van der Waals surface area (Å²) in [6.07, 6.45) is 0. The molecule has 0 bridgehead atoms. The first-order valence-corrected chi connectivity index (χ1v) is 4.80. The van der Waals surface area contributed by atoms with Gasteiger partial charge in [-0.1, -0.05) is 20.8 Å². The van der Waals surface area contributed by atoms with Crippen LogP contribution in [0.25, 0.3) is 0 Å². The van der Waals surface area contributed by atoms with E-state index in [1.54, 1.807) is 5.38 Å². The van der Waals surface area contributed by atoms with Crippen LogP contribution in [0.3, 0.4) is 0 Å². The van der Waals surface area contributed by atoms with E-state index < -0.39 is 6.03 Å². The highest BCUT2D eigenvalue weighted by molar-refractivity contribution is 7.10. The molecule has 0 radical (unpaired) electrons. The van der Waals surface area contributed by atoms with Crippen molar-refractivity contribution in [2.24, 2.45) is 5.73 Å². The summed E-state index contributed by atoms with van der Waals surface area (Å²) >= 11 is 1.52. The lowest BCUT2D eigenvalue weighted by Gasteiger charge is -2.13. The summed E-state index contributed by atoms with van der Waals surface area (Å²) in [5.74, 6) is 0.530. The Morgan fingerprint density at radius 1 is 1.62 bits per heavy atom. The normalized spacial score (nSPS) is 11.3. The molecule has 5 heteroatoms. The minimum absolute atomic E-state index is 0.0161. The highest BCUT2D eigenvalue weighted by Gasteiger charge is 2.18. The van der Waals surface area contributed by atoms with E-state index in [4.69, 9.17) is 5.73 Å². The van der Waals surface area contributed by atoms with E-state index in [9.17, 15) is 4.79 Å². The zero-order valence-corrected chi connectivity index (χ0v) is 8.73. The number of amides is 2. The summed E-state index contributed by atoms with van der Waals surface area (Å²) in [5, 5.41) is 5.20. The van der Waals surface area contributed by atoms with Crippen molar-refractivity contribution in [3.63, 3.8) is 0 Å². The first-order valence-electron chi connectivity index (χ1n) is 3.92. The van der Waals surface area contributed by atoms with E-state index in [0.29, 0.717) is 5.82 Å². The molecule has 0 saturated heterocycles. The van der Waals surface area contributed by atoms with Crippen LogP contribution < -0.4 is 11.1 Å². The lowest BCUT2D eigenvalue weighted by atomic mass is 9.98. The van der Waals surface area contributed by atoms with Crippen LogP contribution in [0, 0.1) is 0 Å². The molecular weight excluding hydrogens is 186 g/mol. The van der Waals surface area contributed by atoms with Crippen molar-refractivity contribution in [2.75, 3.05) is 5.32 Å². The van der Waals surface area contributed by atoms with Crippen LogP contribution in [0.2, 0.25) is 0 Å². The lowest BCUT2D eigenvalue weighted by molar-refractivity contribution is 0.259. The standard InChI is InChI=1S/C8H13N3OS/c1-8(2,3)6-10-5(4-13-6)11-7(9)12/h4H,1-3H3,(H3,9,11,12). The second-order valence-corrected chi connectivity index (χ2v) is 4.64. The maximum atomic E-state index is 10.5. The maximum Gasteiger partial charge on any atom is 0.317 e. The van der Waals surface area contributed by atoms with Crippen LogP contribution in [-0.2, 0) is 5.41 Å². The molecule has 1 aromatic rings. The summed E-state index contributed by atoms with van der Waals surface area (Å²) < 4.78 is 0. The Balaban J connectivity index is 2.81. The molecule has 2 amide bonds. The number of nitrogens with two attached hydrogens (primary N) is 1. The molecule has 0 spiro atoms. The second-order valence-electron chi connectivity index (χ2n) is 3.78. The van der Waals surface area contributed by atoms with Gasteiger partial charge in [-0.25, -0.2) is 9.78 Å². The van der Waals surface area contributed by atoms with Crippen LogP contribution in [0.1, 0.15) is 25.8 Å². The molecule has 0 fully saturated rings. The summed E-state index contributed by atoms with van der Waals surface area (Å²) in [5.41, 5.74) is 4.97. The number of hydrogen-bond acceptors (Lipinski definition) is 3. The second kappa shape index (κ2) is 3.33. The molecule has 1 aromatic heterocycles. The van der Waals surface area contributed by atoms with Gasteiger partial charge < -0.3 is 5.73 Å². The number of thiazole rings is 1. The lowest BCUT2D eigenvalue weighted by Crippen LogP contribution is -2.19. The summed E-state index contributed by atoms with van der Waals surface area (Å²) in [4.78, 5) is 14.7. The van der Waals surface area contributed by atoms with E-state index in [0.717, 1.165) is 5.01 Å². The summed E-state index contributed by atoms with van der Waals surface area (Å²) in [7, 11) is 0. The third-order valence-electron chi connectivity index (χ3n) is 1.40. The number of anilines is 1. The predicted molar refractivity (Wildman–Crippen MR) is 54.0 cm³/mol. The molecule has 0 aliphatic heterocycles. The molecular formula is C8H13N3OS. The molecule has 1 heterocycles. The Hall–Kier alpha value is -1.10. The minimum Gasteiger partial charge on any atom is -0.351 e. The van der Waals surface area contributed by atoms with Gasteiger partial charge in [0.25, 0.3) is 0 Å². The maximum absolute atomic E-state index is 10.5. The molecule has 0 aromatic carbocycles. The highest BCUT2D eigenvalue weighted by atomic mass is 32.1. The third kappa shape index (κ3) is 2.69. The Labute approximate surface area is 81.2 Å². The number of primary amides is 1. The molecule has 13 heavy (non-hydrogen) atoms. The smallest absolute Gasteiger partial charge is 0.317 e. The Morgan fingerprint density at radius 2 is 2.23 bits per heavy atom. The Bertz CT molecular complexity index is 313. The van der Waals surface area contributed by atoms with Crippen LogP contribution >= 0.6 is 11.3 Å². The molecule has 1 rings (SSSR count). The van der Waals surface area contributed by atoms with Gasteiger partial charge >= 0.3 is 6.03 Å². The van der Waals surface area contributed by atoms with Crippen molar-refractivity contribution in [3.8, 4) is 0 Å². The van der Waals surface area contributed by atoms with Crippen molar-refractivity contribution in [1.29, 1.82) is 0 Å².